The van der Waals surface area contributed by atoms with Crippen molar-refractivity contribution in [2.45, 2.75) is 32.2 Å². The highest BCUT2D eigenvalue weighted by Crippen LogP contribution is 2.37. The lowest BCUT2D eigenvalue weighted by Crippen LogP contribution is -2.30. The Labute approximate surface area is 118 Å². The Kier molecular flexibility index (Phi) is 3.59. The van der Waals surface area contributed by atoms with Gasteiger partial charge in [-0.2, -0.15) is 0 Å². The molecule has 1 N–H and O–H groups in total. The van der Waals surface area contributed by atoms with Crippen molar-refractivity contribution >= 4 is 29.3 Å². The highest BCUT2D eigenvalue weighted by Gasteiger charge is 2.24. The fourth-order valence-electron chi connectivity index (χ4n) is 2.14. The van der Waals surface area contributed by atoms with Crippen LogP contribution in [0.2, 0.25) is 5.02 Å². The number of ether oxygens (including phenoxy) is 1. The van der Waals surface area contributed by atoms with E-state index in [4.69, 9.17) is 16.3 Å². The van der Waals surface area contributed by atoms with Crippen molar-refractivity contribution in [2.24, 2.45) is 0 Å². The number of carbonyl (C=O) groups is 1. The molecule has 4 heteroatoms. The molecule has 1 aliphatic rings. The van der Waals surface area contributed by atoms with Crippen LogP contribution in [0.1, 0.15) is 37.8 Å². The first-order valence-corrected chi connectivity index (χ1v) is 6.60. The van der Waals surface area contributed by atoms with Crippen LogP contribution in [0.3, 0.4) is 0 Å². The van der Waals surface area contributed by atoms with Crippen molar-refractivity contribution in [3.8, 4) is 0 Å². The number of anilines is 1. The van der Waals surface area contributed by atoms with E-state index in [1.807, 2.05) is 25.1 Å². The molecule has 1 heterocycles. The molecule has 0 aromatic heterocycles. The fourth-order valence-corrected chi connectivity index (χ4v) is 2.42. The highest BCUT2D eigenvalue weighted by atomic mass is 35.5. The van der Waals surface area contributed by atoms with Gasteiger partial charge in [0, 0.05) is 0 Å². The number of nitrogens with one attached hydrogen (secondary N) is 1. The van der Waals surface area contributed by atoms with E-state index in [0.717, 1.165) is 16.8 Å². The van der Waals surface area contributed by atoms with Crippen molar-refractivity contribution in [3.05, 3.63) is 34.4 Å². The molecule has 19 heavy (non-hydrogen) atoms. The largest absolute Gasteiger partial charge is 0.469 e. The number of esters is 1. The number of fused-ring (bicyclic) bond motifs is 1. The van der Waals surface area contributed by atoms with Crippen LogP contribution in [0.4, 0.5) is 5.69 Å². The number of rotatable bonds is 2. The zero-order valence-corrected chi connectivity index (χ0v) is 12.3. The zero-order valence-electron chi connectivity index (χ0n) is 11.6. The van der Waals surface area contributed by atoms with Crippen molar-refractivity contribution in [3.63, 3.8) is 0 Å². The molecule has 0 radical (unpaired) electrons. The van der Waals surface area contributed by atoms with Crippen LogP contribution in [0, 0.1) is 0 Å². The van der Waals surface area contributed by atoms with Gasteiger partial charge in [0.2, 0.25) is 0 Å². The average Bonchev–Trinajstić information content (AvgIpc) is 2.37. The van der Waals surface area contributed by atoms with E-state index in [0.29, 0.717) is 5.02 Å². The Hall–Kier alpha value is -1.48. The van der Waals surface area contributed by atoms with Crippen LogP contribution >= 0.6 is 11.6 Å². The van der Waals surface area contributed by atoms with Gasteiger partial charge in [-0.3, -0.25) is 4.79 Å². The minimum Gasteiger partial charge on any atom is -0.469 e. The minimum absolute atomic E-state index is 0.119. The normalized spacial score (nSPS) is 17.3. The van der Waals surface area contributed by atoms with Gasteiger partial charge in [0.1, 0.15) is 0 Å². The summed E-state index contributed by atoms with van der Waals surface area (Å²) in [5.74, 6) is -0.583. The van der Waals surface area contributed by atoms with Crippen LogP contribution in [0.15, 0.2) is 18.2 Å². The van der Waals surface area contributed by atoms with Crippen LogP contribution in [0.25, 0.3) is 6.08 Å². The highest BCUT2D eigenvalue weighted by molar-refractivity contribution is 6.33. The van der Waals surface area contributed by atoms with Crippen LogP contribution in [-0.4, -0.2) is 18.6 Å². The summed E-state index contributed by atoms with van der Waals surface area (Å²) in [6.45, 7) is 5.97. The summed E-state index contributed by atoms with van der Waals surface area (Å²) in [6.07, 6.45) is 4.11. The van der Waals surface area contributed by atoms with Crippen molar-refractivity contribution in [1.82, 2.24) is 0 Å². The standard InChI is InChI=1S/C15H18ClNO2/c1-9(14(18)19-4)11-7-10-5-6-15(2,3)17-13(10)12(16)8-11/h5-9,17H,1-4H3. The molecule has 0 amide bonds. The van der Waals surface area contributed by atoms with E-state index >= 15 is 0 Å². The lowest BCUT2D eigenvalue weighted by Gasteiger charge is -2.30. The lowest BCUT2D eigenvalue weighted by atomic mass is 9.92. The maximum absolute atomic E-state index is 11.6. The molecular formula is C15H18ClNO2. The maximum atomic E-state index is 11.6. The number of hydrogen-bond acceptors (Lipinski definition) is 3. The summed E-state index contributed by atoms with van der Waals surface area (Å²) >= 11 is 6.32. The number of carbonyl (C=O) groups excluding carboxylic acids is 1. The smallest absolute Gasteiger partial charge is 0.312 e. The quantitative estimate of drug-likeness (QED) is 0.836. The lowest BCUT2D eigenvalue weighted by molar-refractivity contribution is -0.141. The van der Waals surface area contributed by atoms with Crippen LogP contribution < -0.4 is 5.32 Å². The second-order valence-corrected chi connectivity index (χ2v) is 5.80. The predicted octanol–water partition coefficient (Wildman–Crippen LogP) is 3.83. The summed E-state index contributed by atoms with van der Waals surface area (Å²) in [4.78, 5) is 11.6. The molecule has 0 saturated carbocycles. The van der Waals surface area contributed by atoms with Crippen molar-refractivity contribution in [2.75, 3.05) is 12.4 Å². The molecule has 0 fully saturated rings. The van der Waals surface area contributed by atoms with Gasteiger partial charge in [-0.15, -0.1) is 0 Å². The van der Waals surface area contributed by atoms with E-state index in [1.165, 1.54) is 7.11 Å². The minimum atomic E-state index is -0.323. The Morgan fingerprint density at radius 3 is 2.74 bits per heavy atom. The predicted molar refractivity (Wildman–Crippen MR) is 78.6 cm³/mol. The number of methoxy groups -OCH3 is 1. The number of halogens is 1. The van der Waals surface area contributed by atoms with Gasteiger partial charge >= 0.3 is 5.97 Å². The van der Waals surface area contributed by atoms with E-state index < -0.39 is 0 Å². The maximum Gasteiger partial charge on any atom is 0.312 e. The van der Waals surface area contributed by atoms with Crippen LogP contribution in [-0.2, 0) is 9.53 Å². The van der Waals surface area contributed by atoms with Crippen LogP contribution in [0.5, 0.6) is 0 Å². The molecule has 1 atom stereocenters. The summed E-state index contributed by atoms with van der Waals surface area (Å²) < 4.78 is 4.77. The molecule has 2 rings (SSSR count). The Morgan fingerprint density at radius 1 is 1.42 bits per heavy atom. The Bertz CT molecular complexity index is 549. The van der Waals surface area contributed by atoms with Gasteiger partial charge in [0.25, 0.3) is 0 Å². The van der Waals surface area contributed by atoms with Gasteiger partial charge in [0.05, 0.1) is 29.3 Å². The monoisotopic (exact) mass is 279 g/mol. The second kappa shape index (κ2) is 4.89. The Morgan fingerprint density at radius 2 is 2.11 bits per heavy atom. The summed E-state index contributed by atoms with van der Waals surface area (Å²) in [7, 11) is 1.39. The summed E-state index contributed by atoms with van der Waals surface area (Å²) in [5.41, 5.74) is 2.65. The first-order valence-electron chi connectivity index (χ1n) is 6.23. The third-order valence-corrected chi connectivity index (χ3v) is 3.62. The molecule has 102 valence electrons. The van der Waals surface area contributed by atoms with Crippen molar-refractivity contribution in [1.29, 1.82) is 0 Å². The van der Waals surface area contributed by atoms with E-state index in [1.54, 1.807) is 0 Å². The average molecular weight is 280 g/mol. The van der Waals surface area contributed by atoms with Gasteiger partial charge < -0.3 is 10.1 Å². The molecule has 1 aromatic rings. The zero-order chi connectivity index (χ0) is 14.2. The molecule has 1 aromatic carbocycles. The second-order valence-electron chi connectivity index (χ2n) is 5.39. The molecule has 1 unspecified atom stereocenters. The van der Waals surface area contributed by atoms with Crippen molar-refractivity contribution < 1.29 is 9.53 Å². The third kappa shape index (κ3) is 2.76. The van der Waals surface area contributed by atoms with E-state index in [-0.39, 0.29) is 17.4 Å². The number of hydrogen-bond donors (Lipinski definition) is 1. The number of benzene rings is 1. The van der Waals surface area contributed by atoms with Gasteiger partial charge in [-0.05, 0) is 44.0 Å². The van der Waals surface area contributed by atoms with Gasteiger partial charge in [-0.25, -0.2) is 0 Å². The molecule has 0 bridgehead atoms. The molecule has 3 nitrogen and oxygen atoms in total. The Balaban J connectivity index is 2.43. The molecule has 0 spiro atoms. The molecule has 1 aliphatic heterocycles. The van der Waals surface area contributed by atoms with E-state index in [9.17, 15) is 4.79 Å². The molecule has 0 saturated heterocycles. The first kappa shape index (κ1) is 13.9. The van der Waals surface area contributed by atoms with Gasteiger partial charge in [0.15, 0.2) is 0 Å². The third-order valence-electron chi connectivity index (χ3n) is 3.32. The fraction of sp³-hybridized carbons (Fsp3) is 0.400. The van der Waals surface area contributed by atoms with E-state index in [2.05, 4.69) is 25.2 Å². The SMILES string of the molecule is COC(=O)C(C)c1cc(Cl)c2c(c1)C=CC(C)(C)N2. The summed E-state index contributed by atoms with van der Waals surface area (Å²) in [5, 5.41) is 4.00. The van der Waals surface area contributed by atoms with Gasteiger partial charge in [-0.1, -0.05) is 23.8 Å². The summed E-state index contributed by atoms with van der Waals surface area (Å²) in [6, 6.07) is 3.80. The molecular weight excluding hydrogens is 262 g/mol. The molecule has 0 aliphatic carbocycles. The first-order chi connectivity index (χ1) is 8.84. The topological polar surface area (TPSA) is 38.3 Å².